The first-order valence-electron chi connectivity index (χ1n) is 12.2. The molecule has 0 unspecified atom stereocenters. The number of hydrogen-bond acceptors (Lipinski definition) is 6. The van der Waals surface area contributed by atoms with E-state index in [1.807, 2.05) is 13.8 Å². The van der Waals surface area contributed by atoms with Crippen molar-refractivity contribution in [3.63, 3.8) is 0 Å². The number of nitrogens with zero attached hydrogens (tertiary/aromatic N) is 1. The first-order valence-corrected chi connectivity index (χ1v) is 13.4. The summed E-state index contributed by atoms with van der Waals surface area (Å²) in [6, 6.07) is 14.2. The van der Waals surface area contributed by atoms with E-state index in [9.17, 15) is 19.2 Å². The fourth-order valence-electron chi connectivity index (χ4n) is 3.87. The van der Waals surface area contributed by atoms with Gasteiger partial charge in [0.05, 0.1) is 16.8 Å². The van der Waals surface area contributed by atoms with Gasteiger partial charge in [0.15, 0.2) is 18.1 Å². The number of carbonyl (C=O) groups excluding carboxylic acids is 4. The molecular formula is C29H25BrClN3O6. The lowest BCUT2D eigenvalue weighted by atomic mass is 10.0. The molecule has 3 aromatic carbocycles. The first-order chi connectivity index (χ1) is 19.1. The van der Waals surface area contributed by atoms with E-state index in [1.54, 1.807) is 61.5 Å². The molecule has 1 aliphatic heterocycles. The molecule has 5 amide bonds. The van der Waals surface area contributed by atoms with Crippen molar-refractivity contribution in [2.45, 2.75) is 20.8 Å². The number of ether oxygens (including phenoxy) is 2. The highest BCUT2D eigenvalue weighted by atomic mass is 79.9. The maximum atomic E-state index is 13.3. The quantitative estimate of drug-likeness (QED) is 0.241. The van der Waals surface area contributed by atoms with Gasteiger partial charge in [0, 0.05) is 10.7 Å². The maximum Gasteiger partial charge on any atom is 0.335 e. The smallest absolute Gasteiger partial charge is 0.335 e. The Balaban J connectivity index is 1.58. The summed E-state index contributed by atoms with van der Waals surface area (Å²) in [5, 5.41) is 5.48. The fourth-order valence-corrected chi connectivity index (χ4v) is 4.57. The van der Waals surface area contributed by atoms with Crippen LogP contribution in [0, 0.1) is 13.8 Å². The number of nitrogens with one attached hydrogen (secondary N) is 2. The lowest BCUT2D eigenvalue weighted by molar-refractivity contribution is -0.122. The third kappa shape index (κ3) is 6.52. The standard InChI is InChI=1S/C29H25BrClN3O6/c1-4-39-24-14-18(13-23(30)26(24)40-15-25(35)32-20-8-6-19(31)7-9-20)12-22-27(36)33-29(38)34(28(22)37)21-10-5-16(2)17(3)11-21/h5-14H,4,15H2,1-3H3,(H,32,35)(H,33,36,38)/b22-12+. The Morgan fingerprint density at radius 2 is 1.75 bits per heavy atom. The predicted octanol–water partition coefficient (Wildman–Crippen LogP) is 5.80. The van der Waals surface area contributed by atoms with Crippen molar-refractivity contribution in [3.8, 4) is 11.5 Å². The van der Waals surface area contributed by atoms with Crippen LogP contribution in [0.3, 0.4) is 0 Å². The van der Waals surface area contributed by atoms with Crippen LogP contribution in [0.4, 0.5) is 16.2 Å². The molecule has 0 atom stereocenters. The summed E-state index contributed by atoms with van der Waals surface area (Å²) in [5.74, 6) is -1.42. The van der Waals surface area contributed by atoms with Gasteiger partial charge in [0.2, 0.25) is 0 Å². The van der Waals surface area contributed by atoms with E-state index in [1.165, 1.54) is 6.08 Å². The van der Waals surface area contributed by atoms with Crippen LogP contribution in [-0.2, 0) is 14.4 Å². The Morgan fingerprint density at radius 1 is 1.02 bits per heavy atom. The number of rotatable bonds is 8. The molecule has 1 aliphatic rings. The number of anilines is 2. The molecule has 9 nitrogen and oxygen atoms in total. The van der Waals surface area contributed by atoms with Gasteiger partial charge in [-0.05, 0) is 108 Å². The highest BCUT2D eigenvalue weighted by Gasteiger charge is 2.37. The highest BCUT2D eigenvalue weighted by molar-refractivity contribution is 9.10. The van der Waals surface area contributed by atoms with Crippen LogP contribution in [0.2, 0.25) is 5.02 Å². The molecule has 2 N–H and O–H groups in total. The Morgan fingerprint density at radius 3 is 2.42 bits per heavy atom. The summed E-state index contributed by atoms with van der Waals surface area (Å²) < 4.78 is 11.9. The molecule has 206 valence electrons. The Labute approximate surface area is 244 Å². The molecule has 0 spiro atoms. The van der Waals surface area contributed by atoms with Crippen molar-refractivity contribution >= 4 is 68.7 Å². The molecule has 4 rings (SSSR count). The predicted molar refractivity (Wildman–Crippen MR) is 156 cm³/mol. The summed E-state index contributed by atoms with van der Waals surface area (Å²) in [6.07, 6.45) is 1.36. The number of benzene rings is 3. The van der Waals surface area contributed by atoms with Gasteiger partial charge >= 0.3 is 6.03 Å². The number of urea groups is 1. The van der Waals surface area contributed by atoms with Crippen LogP contribution in [0.1, 0.15) is 23.6 Å². The van der Waals surface area contributed by atoms with Gasteiger partial charge in [0.25, 0.3) is 17.7 Å². The number of barbiturate groups is 1. The zero-order valence-corrected chi connectivity index (χ0v) is 24.2. The molecule has 1 saturated heterocycles. The van der Waals surface area contributed by atoms with Crippen LogP contribution < -0.4 is 25.0 Å². The molecule has 1 heterocycles. The largest absolute Gasteiger partial charge is 0.490 e. The molecule has 0 bridgehead atoms. The normalized spacial score (nSPS) is 14.3. The summed E-state index contributed by atoms with van der Waals surface area (Å²) in [7, 11) is 0. The van der Waals surface area contributed by atoms with Gasteiger partial charge in [-0.3, -0.25) is 19.7 Å². The van der Waals surface area contributed by atoms with E-state index in [0.29, 0.717) is 26.4 Å². The van der Waals surface area contributed by atoms with Gasteiger partial charge in [-0.1, -0.05) is 17.7 Å². The summed E-state index contributed by atoms with van der Waals surface area (Å²) in [6.45, 7) is 5.54. The molecule has 0 radical (unpaired) electrons. The van der Waals surface area contributed by atoms with Gasteiger partial charge in [-0.25, -0.2) is 9.69 Å². The summed E-state index contributed by atoms with van der Waals surface area (Å²) >= 11 is 9.31. The van der Waals surface area contributed by atoms with Crippen LogP contribution in [0.5, 0.6) is 11.5 Å². The van der Waals surface area contributed by atoms with Crippen molar-refractivity contribution < 1.29 is 28.7 Å². The van der Waals surface area contributed by atoms with Crippen molar-refractivity contribution in [2.24, 2.45) is 0 Å². The van der Waals surface area contributed by atoms with Crippen molar-refractivity contribution in [2.75, 3.05) is 23.4 Å². The number of imide groups is 2. The number of carbonyl (C=O) groups is 4. The minimum Gasteiger partial charge on any atom is -0.490 e. The fraction of sp³-hybridized carbons (Fsp3) is 0.172. The second kappa shape index (κ2) is 12.4. The summed E-state index contributed by atoms with van der Waals surface area (Å²) in [5.41, 5.74) is 3.00. The molecule has 0 aromatic heterocycles. The van der Waals surface area contributed by atoms with Crippen molar-refractivity contribution in [1.29, 1.82) is 0 Å². The number of hydrogen-bond donors (Lipinski definition) is 2. The average Bonchev–Trinajstić information content (AvgIpc) is 2.89. The average molecular weight is 627 g/mol. The second-order valence-electron chi connectivity index (χ2n) is 8.83. The molecule has 0 saturated carbocycles. The molecule has 1 fully saturated rings. The zero-order valence-electron chi connectivity index (χ0n) is 21.8. The third-order valence-corrected chi connectivity index (χ3v) is 6.81. The first kappa shape index (κ1) is 28.8. The van der Waals surface area contributed by atoms with Crippen LogP contribution in [0.15, 0.2) is 64.6 Å². The van der Waals surface area contributed by atoms with Crippen molar-refractivity contribution in [1.82, 2.24) is 5.32 Å². The van der Waals surface area contributed by atoms with E-state index in [-0.39, 0.29) is 30.3 Å². The van der Waals surface area contributed by atoms with Gasteiger partial charge in [-0.15, -0.1) is 0 Å². The monoisotopic (exact) mass is 625 g/mol. The minimum absolute atomic E-state index is 0.233. The van der Waals surface area contributed by atoms with Crippen LogP contribution >= 0.6 is 27.5 Å². The SMILES string of the molecule is CCOc1cc(/C=C2\C(=O)NC(=O)N(c3ccc(C)c(C)c3)C2=O)cc(Br)c1OCC(=O)Nc1ccc(Cl)cc1. The number of aryl methyl sites for hydroxylation is 2. The molecule has 3 aromatic rings. The topological polar surface area (TPSA) is 114 Å². The highest BCUT2D eigenvalue weighted by Crippen LogP contribution is 2.38. The summed E-state index contributed by atoms with van der Waals surface area (Å²) in [4.78, 5) is 51.9. The zero-order chi connectivity index (χ0) is 29.0. The van der Waals surface area contributed by atoms with Gasteiger partial charge in [0.1, 0.15) is 5.57 Å². The minimum atomic E-state index is -0.827. The van der Waals surface area contributed by atoms with E-state index in [0.717, 1.165) is 16.0 Å². The molecule has 0 aliphatic carbocycles. The number of amides is 5. The molecular weight excluding hydrogens is 602 g/mol. The Kier molecular flexibility index (Phi) is 8.91. The van der Waals surface area contributed by atoms with E-state index < -0.39 is 23.8 Å². The molecule has 40 heavy (non-hydrogen) atoms. The van der Waals surface area contributed by atoms with E-state index in [2.05, 4.69) is 26.6 Å². The molecule has 11 heteroatoms. The van der Waals surface area contributed by atoms with Gasteiger partial charge < -0.3 is 14.8 Å². The maximum absolute atomic E-state index is 13.3. The number of halogens is 2. The van der Waals surface area contributed by atoms with Crippen LogP contribution in [0.25, 0.3) is 6.08 Å². The van der Waals surface area contributed by atoms with E-state index in [4.69, 9.17) is 21.1 Å². The lowest BCUT2D eigenvalue weighted by Gasteiger charge is -2.27. The lowest BCUT2D eigenvalue weighted by Crippen LogP contribution is -2.54. The Hall–Kier alpha value is -4.15. The Bertz CT molecular complexity index is 1540. The van der Waals surface area contributed by atoms with Gasteiger partial charge in [-0.2, -0.15) is 0 Å². The second-order valence-corrected chi connectivity index (χ2v) is 10.1. The van der Waals surface area contributed by atoms with Crippen LogP contribution in [-0.4, -0.2) is 37.0 Å². The van der Waals surface area contributed by atoms with Crippen molar-refractivity contribution in [3.05, 3.63) is 86.4 Å². The van der Waals surface area contributed by atoms with E-state index >= 15 is 0 Å². The third-order valence-electron chi connectivity index (χ3n) is 5.97.